The predicted molar refractivity (Wildman–Crippen MR) is 75.1 cm³/mol. The first kappa shape index (κ1) is 14.0. The maximum absolute atomic E-state index is 5.14. The highest BCUT2D eigenvalue weighted by molar-refractivity contribution is 9.10. The van der Waals surface area contributed by atoms with Gasteiger partial charge in [-0.05, 0) is 29.9 Å². The largest absolute Gasteiger partial charge is 0.481 e. The molecule has 2 heterocycles. The summed E-state index contributed by atoms with van der Waals surface area (Å²) in [5, 5.41) is 7.58. The van der Waals surface area contributed by atoms with Gasteiger partial charge < -0.3 is 10.1 Å². The molecule has 0 aliphatic heterocycles. The first-order chi connectivity index (χ1) is 9.21. The van der Waals surface area contributed by atoms with Crippen molar-refractivity contribution in [2.24, 2.45) is 0 Å². The van der Waals surface area contributed by atoms with Crippen LogP contribution in [0.4, 0.5) is 0 Å². The van der Waals surface area contributed by atoms with E-state index in [0.29, 0.717) is 5.88 Å². The van der Waals surface area contributed by atoms with Gasteiger partial charge in [-0.1, -0.05) is 0 Å². The van der Waals surface area contributed by atoms with Gasteiger partial charge in [0.15, 0.2) is 0 Å². The van der Waals surface area contributed by atoms with Crippen LogP contribution in [0.5, 0.6) is 5.88 Å². The van der Waals surface area contributed by atoms with E-state index in [9.17, 15) is 0 Å². The van der Waals surface area contributed by atoms with Crippen LogP contribution in [0.15, 0.2) is 23.1 Å². The molecular formula is C12H16BrN5O. The van der Waals surface area contributed by atoms with Crippen molar-refractivity contribution in [3.63, 3.8) is 0 Å². The fourth-order valence-electron chi connectivity index (χ4n) is 1.96. The van der Waals surface area contributed by atoms with E-state index >= 15 is 0 Å². The number of halogens is 1. The number of nitrogens with one attached hydrogen (secondary N) is 1. The Kier molecular flexibility index (Phi) is 4.49. The smallest absolute Gasteiger partial charge is 0.216 e. The van der Waals surface area contributed by atoms with Gasteiger partial charge in [0.05, 0.1) is 35.2 Å². The Balaban J connectivity index is 2.46. The van der Waals surface area contributed by atoms with Crippen LogP contribution in [0.1, 0.15) is 24.4 Å². The van der Waals surface area contributed by atoms with Gasteiger partial charge >= 0.3 is 0 Å². The molecule has 2 rings (SSSR count). The molecule has 0 bridgehead atoms. The number of aryl methyl sites for hydroxylation is 1. The molecule has 0 spiro atoms. The Hall–Kier alpha value is -1.47. The Labute approximate surface area is 120 Å². The molecule has 7 heteroatoms. The van der Waals surface area contributed by atoms with Gasteiger partial charge in [-0.3, -0.25) is 4.68 Å². The molecular weight excluding hydrogens is 310 g/mol. The summed E-state index contributed by atoms with van der Waals surface area (Å²) in [5.41, 5.74) is 1.87. The standard InChI is InChI=1S/C12H16BrN5O/c1-4-18-12(8(13)6-17-18)11(14-2)9-5-10(19-3)16-7-15-9/h5-7,11,14H,4H2,1-3H3. The fourth-order valence-corrected chi connectivity index (χ4v) is 2.48. The third kappa shape index (κ3) is 2.76. The third-order valence-corrected chi connectivity index (χ3v) is 3.47. The lowest BCUT2D eigenvalue weighted by Gasteiger charge is -2.18. The number of hydrogen-bond acceptors (Lipinski definition) is 5. The molecule has 1 N–H and O–H groups in total. The van der Waals surface area contributed by atoms with E-state index in [-0.39, 0.29) is 6.04 Å². The Bertz CT molecular complexity index is 557. The minimum Gasteiger partial charge on any atom is -0.481 e. The molecule has 0 aromatic carbocycles. The lowest BCUT2D eigenvalue weighted by molar-refractivity contribution is 0.394. The van der Waals surface area contributed by atoms with Gasteiger partial charge in [0.2, 0.25) is 5.88 Å². The number of ether oxygens (including phenoxy) is 1. The molecule has 102 valence electrons. The molecule has 2 aromatic rings. The van der Waals surface area contributed by atoms with Gasteiger partial charge in [-0.15, -0.1) is 0 Å². The van der Waals surface area contributed by atoms with Crippen molar-refractivity contribution < 1.29 is 4.74 Å². The highest BCUT2D eigenvalue weighted by atomic mass is 79.9. The number of hydrogen-bond donors (Lipinski definition) is 1. The first-order valence-corrected chi connectivity index (χ1v) is 6.75. The maximum atomic E-state index is 5.14. The Morgan fingerprint density at radius 1 is 1.47 bits per heavy atom. The third-order valence-electron chi connectivity index (χ3n) is 2.86. The molecule has 0 radical (unpaired) electrons. The highest BCUT2D eigenvalue weighted by Gasteiger charge is 2.21. The second-order valence-corrected chi connectivity index (χ2v) is 4.75. The van der Waals surface area contributed by atoms with Crippen LogP contribution < -0.4 is 10.1 Å². The molecule has 0 saturated heterocycles. The van der Waals surface area contributed by atoms with Crippen molar-refractivity contribution in [3.05, 3.63) is 34.5 Å². The molecule has 0 aliphatic carbocycles. The van der Waals surface area contributed by atoms with Crippen molar-refractivity contribution in [2.45, 2.75) is 19.5 Å². The lowest BCUT2D eigenvalue weighted by Crippen LogP contribution is -2.23. The average molecular weight is 326 g/mol. The number of methoxy groups -OCH3 is 1. The summed E-state index contributed by atoms with van der Waals surface area (Å²) in [5.74, 6) is 0.545. The number of aromatic nitrogens is 4. The molecule has 6 nitrogen and oxygen atoms in total. The minimum absolute atomic E-state index is 0.0753. The summed E-state index contributed by atoms with van der Waals surface area (Å²) in [6.07, 6.45) is 3.29. The molecule has 0 amide bonds. The van der Waals surface area contributed by atoms with Crippen LogP contribution in [0.25, 0.3) is 0 Å². The van der Waals surface area contributed by atoms with Crippen LogP contribution >= 0.6 is 15.9 Å². The van der Waals surface area contributed by atoms with E-state index in [1.807, 2.05) is 17.8 Å². The lowest BCUT2D eigenvalue weighted by atomic mass is 10.1. The second-order valence-electron chi connectivity index (χ2n) is 3.90. The van der Waals surface area contributed by atoms with E-state index in [1.54, 1.807) is 13.3 Å². The highest BCUT2D eigenvalue weighted by Crippen LogP contribution is 2.28. The summed E-state index contributed by atoms with van der Waals surface area (Å²) in [6.45, 7) is 2.84. The maximum Gasteiger partial charge on any atom is 0.216 e. The minimum atomic E-state index is -0.0753. The van der Waals surface area contributed by atoms with Gasteiger partial charge in [-0.2, -0.15) is 5.10 Å². The number of rotatable bonds is 5. The quantitative estimate of drug-likeness (QED) is 0.907. The molecule has 0 saturated carbocycles. The van der Waals surface area contributed by atoms with Crippen molar-refractivity contribution >= 4 is 15.9 Å². The van der Waals surface area contributed by atoms with Crippen LogP contribution in [0.3, 0.4) is 0 Å². The van der Waals surface area contributed by atoms with Crippen molar-refractivity contribution in [2.75, 3.05) is 14.2 Å². The van der Waals surface area contributed by atoms with E-state index < -0.39 is 0 Å². The molecule has 1 unspecified atom stereocenters. The first-order valence-electron chi connectivity index (χ1n) is 5.95. The summed E-state index contributed by atoms with van der Waals surface area (Å²) in [4.78, 5) is 8.34. The van der Waals surface area contributed by atoms with Gasteiger partial charge in [-0.25, -0.2) is 9.97 Å². The van der Waals surface area contributed by atoms with Crippen molar-refractivity contribution in [3.8, 4) is 5.88 Å². The van der Waals surface area contributed by atoms with E-state index in [4.69, 9.17) is 4.74 Å². The van der Waals surface area contributed by atoms with E-state index in [1.165, 1.54) is 6.33 Å². The van der Waals surface area contributed by atoms with E-state index in [2.05, 4.69) is 43.2 Å². The summed E-state index contributed by atoms with van der Waals surface area (Å²) < 4.78 is 8.02. The molecule has 2 aromatic heterocycles. The summed E-state index contributed by atoms with van der Waals surface area (Å²) in [7, 11) is 3.48. The van der Waals surface area contributed by atoms with Crippen LogP contribution in [0.2, 0.25) is 0 Å². The second kappa shape index (κ2) is 6.12. The molecule has 0 fully saturated rings. The topological polar surface area (TPSA) is 64.9 Å². The Morgan fingerprint density at radius 3 is 2.89 bits per heavy atom. The SMILES string of the molecule is CCn1ncc(Br)c1C(NC)c1cc(OC)ncn1. The van der Waals surface area contributed by atoms with Gasteiger partial charge in [0, 0.05) is 12.6 Å². The molecule has 0 aliphatic rings. The van der Waals surface area contributed by atoms with Crippen LogP contribution in [-0.4, -0.2) is 33.9 Å². The predicted octanol–water partition coefficient (Wildman–Crippen LogP) is 1.77. The van der Waals surface area contributed by atoms with Crippen LogP contribution in [0, 0.1) is 0 Å². The molecule has 1 atom stereocenters. The van der Waals surface area contributed by atoms with Crippen molar-refractivity contribution in [1.82, 2.24) is 25.1 Å². The normalized spacial score (nSPS) is 12.4. The zero-order valence-corrected chi connectivity index (χ0v) is 12.7. The Morgan fingerprint density at radius 2 is 2.26 bits per heavy atom. The van der Waals surface area contributed by atoms with Crippen molar-refractivity contribution in [1.29, 1.82) is 0 Å². The van der Waals surface area contributed by atoms with E-state index in [0.717, 1.165) is 22.4 Å². The summed E-state index contributed by atoms with van der Waals surface area (Å²) >= 11 is 3.53. The monoisotopic (exact) mass is 325 g/mol. The average Bonchev–Trinajstić information content (AvgIpc) is 2.82. The zero-order chi connectivity index (χ0) is 13.8. The van der Waals surface area contributed by atoms with Gasteiger partial charge in [0.25, 0.3) is 0 Å². The summed E-state index contributed by atoms with van der Waals surface area (Å²) in [6, 6.07) is 1.74. The van der Waals surface area contributed by atoms with Crippen LogP contribution in [-0.2, 0) is 6.54 Å². The zero-order valence-electron chi connectivity index (χ0n) is 11.1. The van der Waals surface area contributed by atoms with Gasteiger partial charge in [0.1, 0.15) is 6.33 Å². The molecule has 19 heavy (non-hydrogen) atoms. The number of nitrogens with zero attached hydrogens (tertiary/aromatic N) is 4. The fraction of sp³-hybridized carbons (Fsp3) is 0.417.